The van der Waals surface area contributed by atoms with Crippen LogP contribution < -0.4 is 0 Å². The molecule has 60 heavy (non-hydrogen) atoms. The fraction of sp³-hybridized carbons (Fsp3) is 0.400. The molecule has 20 heteroatoms. The molecular formula is C40H49Cl6N5O9. The number of hydrogen-bond acceptors (Lipinski definition) is 13. The lowest BCUT2D eigenvalue weighted by Crippen LogP contribution is -2.17. The number of rotatable bonds is 20. The minimum atomic E-state index is -0.893. The Kier molecular flexibility index (Phi) is 27.3. The molecule has 14 nitrogen and oxygen atoms in total. The maximum absolute atomic E-state index is 11.3. The van der Waals surface area contributed by atoms with Gasteiger partial charge in [0.25, 0.3) is 0 Å². The number of carboxylic acids is 1. The third-order valence-electron chi connectivity index (χ3n) is 7.65. The number of benzene rings is 3. The number of halogens is 6. The largest absolute Gasteiger partial charge is 0.481 e. The summed E-state index contributed by atoms with van der Waals surface area (Å²) in [5.74, 6) is -1.57. The first-order chi connectivity index (χ1) is 28.4. The molecule has 0 aliphatic carbocycles. The molecule has 330 valence electrons. The second-order valence-electron chi connectivity index (χ2n) is 12.8. The molecule has 0 atom stereocenters. The Bertz CT molecular complexity index is 1930. The molecule has 3 aromatic carbocycles. The van der Waals surface area contributed by atoms with E-state index in [0.29, 0.717) is 78.0 Å². The van der Waals surface area contributed by atoms with E-state index in [2.05, 4.69) is 24.9 Å². The summed E-state index contributed by atoms with van der Waals surface area (Å²) in [5.41, 5.74) is 3.61. The van der Waals surface area contributed by atoms with E-state index in [4.69, 9.17) is 89.6 Å². The van der Waals surface area contributed by atoms with Gasteiger partial charge in [0, 0.05) is 49.0 Å². The first kappa shape index (κ1) is 54.2. The summed E-state index contributed by atoms with van der Waals surface area (Å²) in [7, 11) is 10.4. The Labute approximate surface area is 380 Å². The highest BCUT2D eigenvalue weighted by molar-refractivity contribution is 6.43. The van der Waals surface area contributed by atoms with Gasteiger partial charge in [-0.25, -0.2) is 0 Å². The minimum absolute atomic E-state index is 0.0316. The highest BCUT2D eigenvalue weighted by Crippen LogP contribution is 2.26. The van der Waals surface area contributed by atoms with Crippen LogP contribution in [-0.2, 0) is 33.5 Å². The van der Waals surface area contributed by atoms with Crippen molar-refractivity contribution in [2.24, 2.45) is 15.5 Å². The number of hydrogen-bond donors (Lipinski definition) is 2. The van der Waals surface area contributed by atoms with Gasteiger partial charge in [0.05, 0.1) is 80.8 Å². The van der Waals surface area contributed by atoms with Crippen molar-refractivity contribution in [2.45, 2.75) is 38.5 Å². The lowest BCUT2D eigenvalue weighted by Gasteiger charge is -2.10. The van der Waals surface area contributed by atoms with Crippen LogP contribution in [0.5, 0.6) is 0 Å². The smallest absolute Gasteiger partial charge is 0.305 e. The second kappa shape index (κ2) is 30.2. The van der Waals surface area contributed by atoms with E-state index >= 15 is 0 Å². The Hall–Kier alpha value is -3.86. The second-order valence-corrected chi connectivity index (χ2v) is 15.3. The summed E-state index contributed by atoms with van der Waals surface area (Å²) < 4.78 is 9.15. The number of ether oxygens (including phenoxy) is 2. The number of carbonyl (C=O) groups is 3. The Balaban J connectivity index is 0.000000454. The topological polar surface area (TPSA) is 172 Å². The number of aliphatic carboxylic acids is 1. The molecule has 3 aromatic rings. The van der Waals surface area contributed by atoms with Crippen molar-refractivity contribution in [3.05, 3.63) is 101 Å². The van der Waals surface area contributed by atoms with Crippen LogP contribution in [0.25, 0.3) is 0 Å². The Morgan fingerprint density at radius 1 is 0.533 bits per heavy atom. The summed E-state index contributed by atoms with van der Waals surface area (Å²) in [5, 5.41) is 31.5. The summed E-state index contributed by atoms with van der Waals surface area (Å²) in [4.78, 5) is 47.5. The third-order valence-corrected chi connectivity index (χ3v) is 9.87. The number of carboxylic acid groups (broad SMARTS) is 1. The lowest BCUT2D eigenvalue weighted by atomic mass is 10.1. The Morgan fingerprint density at radius 3 is 1.17 bits per heavy atom. The number of nitrogens with zero attached hydrogens (tertiary/aromatic N) is 5. The standard InChI is InChI=1S/C15H20Cl2N2O3.C14H18Cl2N2O3.C11H11Cl2NO3/c1-19(2)8-9-22-18-14(6-7-15(20)21-3)11-4-5-12(16)13(17)10-11;1-18(2)7-8-21-17-13(5-6-14(19)20)10-3-4-11(15)12(16)9-10;1-17-11(15)5-4-10(14-16)7-2-3-8(12)9(13)6-7/h4-5,10H,6-9H2,1-3H3;3-4,9H,5-8H2,1-2H3,(H,19,20);2-3,6,16H,4-5H2,1H3. The van der Waals surface area contributed by atoms with Crippen molar-refractivity contribution in [3.8, 4) is 0 Å². The molecule has 0 amide bonds. The van der Waals surface area contributed by atoms with E-state index in [1.165, 1.54) is 14.2 Å². The SMILES string of the molecule is CN(C)CCON=C(CCC(=O)O)c1ccc(Cl)c(Cl)c1.COC(=O)CCC(=NO)c1ccc(Cl)c(Cl)c1.COC(=O)CCC(=NOCCN(C)C)c1ccc(Cl)c(Cl)c1. The molecule has 0 aliphatic rings. The fourth-order valence-corrected chi connectivity index (χ4v) is 5.22. The van der Waals surface area contributed by atoms with Crippen LogP contribution in [0, 0.1) is 0 Å². The van der Waals surface area contributed by atoms with E-state index < -0.39 is 5.97 Å². The predicted molar refractivity (Wildman–Crippen MR) is 239 cm³/mol. The molecule has 0 aromatic heterocycles. The van der Waals surface area contributed by atoms with Crippen molar-refractivity contribution < 1.29 is 43.8 Å². The van der Waals surface area contributed by atoms with Crippen LogP contribution in [0.15, 0.2) is 70.1 Å². The number of oxime groups is 3. The van der Waals surface area contributed by atoms with Crippen LogP contribution in [-0.4, -0.2) is 124 Å². The molecule has 2 N–H and O–H groups in total. The number of esters is 2. The molecule has 0 saturated heterocycles. The zero-order chi connectivity index (χ0) is 45.2. The molecule has 0 fully saturated rings. The van der Waals surface area contributed by atoms with Gasteiger partial charge in [-0.05, 0) is 64.6 Å². The van der Waals surface area contributed by atoms with E-state index in [9.17, 15) is 14.4 Å². The van der Waals surface area contributed by atoms with Gasteiger partial charge < -0.3 is 39.3 Å². The van der Waals surface area contributed by atoms with Gasteiger partial charge in [0.2, 0.25) is 0 Å². The van der Waals surface area contributed by atoms with Gasteiger partial charge in [-0.3, -0.25) is 14.4 Å². The van der Waals surface area contributed by atoms with Crippen molar-refractivity contribution in [1.82, 2.24) is 9.80 Å². The van der Waals surface area contributed by atoms with Gasteiger partial charge in [0.1, 0.15) is 13.2 Å². The van der Waals surface area contributed by atoms with Gasteiger partial charge in [-0.2, -0.15) is 0 Å². The monoisotopic (exact) mass is 953 g/mol. The van der Waals surface area contributed by atoms with Gasteiger partial charge in [-0.15, -0.1) is 0 Å². The molecule has 0 aliphatic heterocycles. The number of likely N-dealkylation sites (N-methyl/N-ethyl adjacent to an activating group) is 2. The van der Waals surface area contributed by atoms with Gasteiger partial charge in [-0.1, -0.05) is 103 Å². The summed E-state index contributed by atoms with van der Waals surface area (Å²) in [6.07, 6.45) is 1.24. The summed E-state index contributed by atoms with van der Waals surface area (Å²) in [6, 6.07) is 15.1. The lowest BCUT2D eigenvalue weighted by molar-refractivity contribution is -0.141. The highest BCUT2D eigenvalue weighted by Gasteiger charge is 2.13. The van der Waals surface area contributed by atoms with Crippen LogP contribution in [0.3, 0.4) is 0 Å². The zero-order valence-electron chi connectivity index (χ0n) is 34.0. The first-order valence-electron chi connectivity index (χ1n) is 18.0. The number of carbonyl (C=O) groups excluding carboxylic acids is 2. The molecular weight excluding hydrogens is 907 g/mol. The van der Waals surface area contributed by atoms with Crippen LogP contribution >= 0.6 is 69.6 Å². The fourth-order valence-electron chi connectivity index (χ4n) is 4.33. The molecule has 0 bridgehead atoms. The van der Waals surface area contributed by atoms with Crippen molar-refractivity contribution in [2.75, 3.05) is 68.7 Å². The number of methoxy groups -OCH3 is 2. The molecule has 0 unspecified atom stereocenters. The van der Waals surface area contributed by atoms with E-state index in [1.54, 1.807) is 54.6 Å². The van der Waals surface area contributed by atoms with Crippen molar-refractivity contribution >= 4 is 105 Å². The molecule has 0 spiro atoms. The Morgan fingerprint density at radius 2 is 0.867 bits per heavy atom. The summed E-state index contributed by atoms with van der Waals surface area (Å²) >= 11 is 35.4. The van der Waals surface area contributed by atoms with Gasteiger partial charge in [0.15, 0.2) is 0 Å². The highest BCUT2D eigenvalue weighted by atomic mass is 35.5. The minimum Gasteiger partial charge on any atom is -0.481 e. The first-order valence-corrected chi connectivity index (χ1v) is 20.3. The molecule has 0 radical (unpaired) electrons. The molecule has 3 rings (SSSR count). The van der Waals surface area contributed by atoms with Crippen LogP contribution in [0.4, 0.5) is 0 Å². The summed E-state index contributed by atoms with van der Waals surface area (Å²) in [6.45, 7) is 2.34. The van der Waals surface area contributed by atoms with Crippen molar-refractivity contribution in [1.29, 1.82) is 0 Å². The average Bonchev–Trinajstić information content (AvgIpc) is 3.20. The van der Waals surface area contributed by atoms with E-state index in [-0.39, 0.29) is 44.0 Å². The van der Waals surface area contributed by atoms with Crippen LogP contribution in [0.2, 0.25) is 30.1 Å². The van der Waals surface area contributed by atoms with E-state index in [1.807, 2.05) is 38.0 Å². The van der Waals surface area contributed by atoms with E-state index in [0.717, 1.165) is 18.7 Å². The molecule has 0 heterocycles. The van der Waals surface area contributed by atoms with Crippen molar-refractivity contribution in [3.63, 3.8) is 0 Å². The maximum atomic E-state index is 11.3. The maximum Gasteiger partial charge on any atom is 0.305 e. The predicted octanol–water partition coefficient (Wildman–Crippen LogP) is 9.49. The zero-order valence-corrected chi connectivity index (χ0v) is 38.6. The molecule has 0 saturated carbocycles. The normalized spacial score (nSPS) is 11.6. The van der Waals surface area contributed by atoms with Crippen LogP contribution in [0.1, 0.15) is 55.2 Å². The third kappa shape index (κ3) is 22.7. The van der Waals surface area contributed by atoms with Gasteiger partial charge >= 0.3 is 17.9 Å². The average molecular weight is 957 g/mol. The quantitative estimate of drug-likeness (QED) is 0.0363.